The monoisotopic (exact) mass is 499 g/mol. The third-order valence-corrected chi connectivity index (χ3v) is 7.10. The maximum atomic E-state index is 13.4. The first-order valence-corrected chi connectivity index (χ1v) is 11.9. The number of amides is 1. The van der Waals surface area contributed by atoms with Crippen molar-refractivity contribution >= 4 is 45.4 Å². The smallest absolute Gasteiger partial charge is 0.335 e. The molecule has 0 fully saturated rings. The van der Waals surface area contributed by atoms with Crippen LogP contribution in [-0.4, -0.2) is 38.2 Å². The second-order valence-corrected chi connectivity index (χ2v) is 9.75. The summed E-state index contributed by atoms with van der Waals surface area (Å²) in [5.41, 5.74) is 4.87. The average molecular weight is 500 g/mol. The quantitative estimate of drug-likeness (QED) is 0.359. The van der Waals surface area contributed by atoms with Crippen LogP contribution in [0.15, 0.2) is 76.7 Å². The molecule has 0 spiro atoms. The molecule has 0 aliphatic heterocycles. The summed E-state index contributed by atoms with van der Waals surface area (Å²) >= 11 is 6.21. The Bertz CT molecular complexity index is 1340. The van der Waals surface area contributed by atoms with Crippen LogP contribution >= 0.6 is 11.6 Å². The summed E-state index contributed by atoms with van der Waals surface area (Å²) in [6.07, 6.45) is 1.32. The first kappa shape index (κ1) is 24.9. The molecular weight excluding hydrogens is 478 g/mol. The van der Waals surface area contributed by atoms with Crippen LogP contribution in [0.25, 0.3) is 0 Å². The number of aromatic carboxylic acids is 1. The minimum absolute atomic E-state index is 0.0321. The fourth-order valence-corrected chi connectivity index (χ4v) is 4.53. The summed E-state index contributed by atoms with van der Waals surface area (Å²) < 4.78 is 27.7. The number of anilines is 1. The molecule has 34 heavy (non-hydrogen) atoms. The van der Waals surface area contributed by atoms with Gasteiger partial charge in [-0.15, -0.1) is 0 Å². The predicted molar refractivity (Wildman–Crippen MR) is 131 cm³/mol. The molecule has 3 aromatic carbocycles. The normalized spacial score (nSPS) is 11.4. The number of halogens is 1. The molecule has 0 heterocycles. The molecule has 0 aromatic heterocycles. The lowest BCUT2D eigenvalue weighted by atomic mass is 10.1. The first-order valence-electron chi connectivity index (χ1n) is 10.1. The Balaban J connectivity index is 1.83. The molecule has 2 N–H and O–H groups in total. The highest BCUT2D eigenvalue weighted by molar-refractivity contribution is 7.92. The fourth-order valence-electron chi connectivity index (χ4n) is 2.95. The Kier molecular flexibility index (Phi) is 7.70. The predicted octanol–water partition coefficient (Wildman–Crippen LogP) is 4.00. The number of benzene rings is 3. The zero-order chi connectivity index (χ0) is 24.9. The van der Waals surface area contributed by atoms with Gasteiger partial charge in [0.2, 0.25) is 0 Å². The molecule has 0 saturated carbocycles. The van der Waals surface area contributed by atoms with E-state index in [0.717, 1.165) is 15.4 Å². The maximum Gasteiger partial charge on any atom is 0.335 e. The number of aryl methyl sites for hydroxylation is 2. The molecule has 0 unspecified atom stereocenters. The zero-order valence-electron chi connectivity index (χ0n) is 18.4. The molecule has 0 aliphatic rings. The molecule has 0 bridgehead atoms. The molecule has 10 heteroatoms. The molecule has 0 aliphatic carbocycles. The number of carboxylic acids is 1. The third-order valence-electron chi connectivity index (χ3n) is 4.90. The number of carboxylic acid groups (broad SMARTS) is 1. The standard InChI is InChI=1S/C24H22ClN3O5S/c1-16-3-11-21(12-4-16)34(32,33)28(20-10-5-17(2)22(25)13-20)15-23(29)27-26-14-18-6-8-19(9-7-18)24(30)31/h3-14H,15H2,1-2H3,(H,27,29)(H,30,31)/b26-14-. The molecule has 0 saturated heterocycles. The van der Waals surface area contributed by atoms with Crippen LogP contribution in [0.1, 0.15) is 27.0 Å². The average Bonchev–Trinajstić information content (AvgIpc) is 2.80. The molecule has 3 rings (SSSR count). The van der Waals surface area contributed by atoms with Gasteiger partial charge in [-0.1, -0.05) is 47.5 Å². The number of hydrogen-bond acceptors (Lipinski definition) is 5. The Morgan fingerprint density at radius 1 is 1.03 bits per heavy atom. The Morgan fingerprint density at radius 2 is 1.68 bits per heavy atom. The Morgan fingerprint density at radius 3 is 2.26 bits per heavy atom. The van der Waals surface area contributed by atoms with E-state index in [1.807, 2.05) is 6.92 Å². The van der Waals surface area contributed by atoms with E-state index >= 15 is 0 Å². The lowest BCUT2D eigenvalue weighted by molar-refractivity contribution is -0.119. The van der Waals surface area contributed by atoms with Gasteiger partial charge in [0.15, 0.2) is 0 Å². The Labute approximate surface area is 202 Å². The number of carbonyl (C=O) groups excluding carboxylic acids is 1. The summed E-state index contributed by atoms with van der Waals surface area (Å²) in [5, 5.41) is 13.2. The molecule has 0 radical (unpaired) electrons. The van der Waals surface area contributed by atoms with Gasteiger partial charge in [-0.05, 0) is 61.4 Å². The fraction of sp³-hybridized carbons (Fsp3) is 0.125. The molecule has 0 atom stereocenters. The van der Waals surface area contributed by atoms with Crippen LogP contribution < -0.4 is 9.73 Å². The lowest BCUT2D eigenvalue weighted by Gasteiger charge is -2.24. The van der Waals surface area contributed by atoms with Crippen molar-refractivity contribution in [2.75, 3.05) is 10.8 Å². The van der Waals surface area contributed by atoms with Gasteiger partial charge in [-0.2, -0.15) is 5.10 Å². The van der Waals surface area contributed by atoms with Gasteiger partial charge < -0.3 is 5.11 Å². The van der Waals surface area contributed by atoms with Crippen LogP contribution in [0.4, 0.5) is 5.69 Å². The Hall–Kier alpha value is -3.69. The number of hydrogen-bond donors (Lipinski definition) is 2. The van der Waals surface area contributed by atoms with Crippen molar-refractivity contribution in [1.82, 2.24) is 5.43 Å². The second-order valence-electron chi connectivity index (χ2n) is 7.48. The first-order chi connectivity index (χ1) is 16.1. The van der Waals surface area contributed by atoms with E-state index in [0.29, 0.717) is 10.6 Å². The summed E-state index contributed by atoms with van der Waals surface area (Å²) in [5.74, 6) is -1.73. The molecule has 176 valence electrons. The van der Waals surface area contributed by atoms with E-state index in [1.54, 1.807) is 31.2 Å². The molecule has 3 aromatic rings. The van der Waals surface area contributed by atoms with E-state index in [9.17, 15) is 18.0 Å². The van der Waals surface area contributed by atoms with Gasteiger partial charge in [0.05, 0.1) is 22.4 Å². The van der Waals surface area contributed by atoms with Gasteiger partial charge >= 0.3 is 5.97 Å². The number of carbonyl (C=O) groups is 2. The highest BCUT2D eigenvalue weighted by atomic mass is 35.5. The van der Waals surface area contributed by atoms with E-state index in [4.69, 9.17) is 16.7 Å². The van der Waals surface area contributed by atoms with Gasteiger partial charge in [-0.3, -0.25) is 9.10 Å². The summed E-state index contributed by atoms with van der Waals surface area (Å²) in [6, 6.07) is 16.9. The van der Waals surface area contributed by atoms with E-state index in [1.165, 1.54) is 48.7 Å². The van der Waals surface area contributed by atoms with Crippen LogP contribution in [0.3, 0.4) is 0 Å². The summed E-state index contributed by atoms with van der Waals surface area (Å²) in [7, 11) is -4.08. The summed E-state index contributed by atoms with van der Waals surface area (Å²) in [4.78, 5) is 23.6. The number of rotatable bonds is 8. The SMILES string of the molecule is Cc1ccc(S(=O)(=O)N(CC(=O)N/N=C\c2ccc(C(=O)O)cc2)c2ccc(C)c(Cl)c2)cc1. The zero-order valence-corrected chi connectivity index (χ0v) is 20.0. The third kappa shape index (κ3) is 6.00. The van der Waals surface area contributed by atoms with Crippen LogP contribution in [-0.2, 0) is 14.8 Å². The number of nitrogens with one attached hydrogen (secondary N) is 1. The topological polar surface area (TPSA) is 116 Å². The maximum absolute atomic E-state index is 13.4. The minimum atomic E-state index is -4.08. The van der Waals surface area contributed by atoms with Crippen LogP contribution in [0.2, 0.25) is 5.02 Å². The number of nitrogens with zero attached hydrogens (tertiary/aromatic N) is 2. The van der Waals surface area contributed by atoms with Crippen molar-refractivity contribution in [3.8, 4) is 0 Å². The number of hydrazone groups is 1. The molecule has 1 amide bonds. The van der Waals surface area contributed by atoms with E-state index in [2.05, 4.69) is 10.5 Å². The van der Waals surface area contributed by atoms with E-state index in [-0.39, 0.29) is 16.1 Å². The van der Waals surface area contributed by atoms with Gasteiger partial charge in [-0.25, -0.2) is 18.6 Å². The highest BCUT2D eigenvalue weighted by Gasteiger charge is 2.27. The van der Waals surface area contributed by atoms with Gasteiger partial charge in [0, 0.05) is 5.02 Å². The van der Waals surface area contributed by atoms with E-state index < -0.39 is 28.4 Å². The second kappa shape index (κ2) is 10.5. The molecular formula is C24H22ClN3O5S. The number of sulfonamides is 1. The molecule has 8 nitrogen and oxygen atoms in total. The van der Waals surface area contributed by atoms with Crippen molar-refractivity contribution in [1.29, 1.82) is 0 Å². The lowest BCUT2D eigenvalue weighted by Crippen LogP contribution is -2.39. The highest BCUT2D eigenvalue weighted by Crippen LogP contribution is 2.28. The van der Waals surface area contributed by atoms with Crippen molar-refractivity contribution in [2.45, 2.75) is 18.7 Å². The van der Waals surface area contributed by atoms with Crippen LogP contribution in [0.5, 0.6) is 0 Å². The van der Waals surface area contributed by atoms with Gasteiger partial charge in [0.25, 0.3) is 15.9 Å². The van der Waals surface area contributed by atoms with Crippen molar-refractivity contribution in [3.05, 3.63) is 94.0 Å². The van der Waals surface area contributed by atoms with Crippen molar-refractivity contribution in [3.63, 3.8) is 0 Å². The largest absolute Gasteiger partial charge is 0.478 e. The van der Waals surface area contributed by atoms with Crippen molar-refractivity contribution < 1.29 is 23.1 Å². The summed E-state index contributed by atoms with van der Waals surface area (Å²) in [6.45, 7) is 3.09. The minimum Gasteiger partial charge on any atom is -0.478 e. The van der Waals surface area contributed by atoms with Crippen LogP contribution in [0, 0.1) is 13.8 Å². The van der Waals surface area contributed by atoms with Gasteiger partial charge in [0.1, 0.15) is 6.54 Å². The van der Waals surface area contributed by atoms with Crippen molar-refractivity contribution in [2.24, 2.45) is 5.10 Å².